The van der Waals surface area contributed by atoms with Crippen LogP contribution in [0.1, 0.15) is 6.23 Å². The van der Waals surface area contributed by atoms with E-state index in [-0.39, 0.29) is 6.61 Å². The summed E-state index contributed by atoms with van der Waals surface area (Å²) in [5, 5.41) is 30.1. The van der Waals surface area contributed by atoms with Crippen LogP contribution in [-0.2, 0) is 4.74 Å². The van der Waals surface area contributed by atoms with E-state index < -0.39 is 24.5 Å². The van der Waals surface area contributed by atoms with E-state index in [1.54, 1.807) is 4.57 Å². The highest BCUT2D eigenvalue weighted by Crippen LogP contribution is 2.28. The number of aliphatic hydroxyl groups excluding tert-OH is 3. The predicted molar refractivity (Wildman–Crippen MR) is 64.9 cm³/mol. The van der Waals surface area contributed by atoms with E-state index in [4.69, 9.17) is 4.74 Å². The average molecular weight is 249 g/mol. The average Bonchev–Trinajstić information content (AvgIpc) is 2.80. The van der Waals surface area contributed by atoms with Crippen LogP contribution < -0.4 is 0 Å². The van der Waals surface area contributed by atoms with Gasteiger partial charge in [-0.3, -0.25) is 0 Å². The predicted octanol–water partition coefficient (Wildman–Crippen LogP) is 0.253. The number of hydrogen-bond acceptors (Lipinski definition) is 4. The minimum absolute atomic E-state index is 0.00933. The molecule has 0 saturated carbocycles. The van der Waals surface area contributed by atoms with Crippen LogP contribution in [0.15, 0.2) is 36.5 Å². The van der Waals surface area contributed by atoms with Crippen LogP contribution in [0.5, 0.6) is 0 Å². The number of rotatable bonds is 1. The van der Waals surface area contributed by atoms with E-state index >= 15 is 0 Å². The molecule has 1 aliphatic rings. The summed E-state index contributed by atoms with van der Waals surface area (Å²) in [6.07, 6.45) is -2.25. The third kappa shape index (κ3) is 1.72. The van der Waals surface area contributed by atoms with Gasteiger partial charge in [0.05, 0.1) is 12.1 Å². The molecule has 3 N–H and O–H groups in total. The third-order valence-electron chi connectivity index (χ3n) is 3.38. The summed E-state index contributed by atoms with van der Waals surface area (Å²) in [5.74, 6) is 0. The Hall–Kier alpha value is -1.40. The molecule has 1 aromatic carbocycles. The maximum atomic E-state index is 9.98. The summed E-state index contributed by atoms with van der Waals surface area (Å²) in [6, 6.07) is 9.64. The Labute approximate surface area is 104 Å². The van der Waals surface area contributed by atoms with Crippen molar-refractivity contribution in [2.45, 2.75) is 24.5 Å². The quantitative estimate of drug-likeness (QED) is 0.677. The zero-order chi connectivity index (χ0) is 12.7. The number of aliphatic hydroxyl groups is 3. The summed E-state index contributed by atoms with van der Waals surface area (Å²) in [6.45, 7) is 0.00933. The standard InChI is InChI=1S/C13H15NO4/c15-10-7-18-13(12(17)11(10)16)14-6-5-8-3-1-2-4-9(8)14/h1-6,10-13,15-17H,7H2/t10-,11-,12+,13-/m1/s1. The van der Waals surface area contributed by atoms with Gasteiger partial charge in [-0.25, -0.2) is 0 Å². The van der Waals surface area contributed by atoms with E-state index in [2.05, 4.69) is 0 Å². The fourth-order valence-corrected chi connectivity index (χ4v) is 2.36. The molecular weight excluding hydrogens is 234 g/mol. The normalized spacial score (nSPS) is 32.8. The van der Waals surface area contributed by atoms with Gasteiger partial charge in [0.15, 0.2) is 6.23 Å². The fraction of sp³-hybridized carbons (Fsp3) is 0.385. The van der Waals surface area contributed by atoms with Gasteiger partial charge in [-0.15, -0.1) is 0 Å². The SMILES string of the molecule is O[C@H]1[C@H](O)[C@H](n2ccc3ccccc32)OC[C@H]1O. The highest BCUT2D eigenvalue weighted by atomic mass is 16.5. The number of fused-ring (bicyclic) bond motifs is 1. The minimum atomic E-state index is -1.19. The number of benzene rings is 1. The second-order valence-electron chi connectivity index (χ2n) is 4.55. The van der Waals surface area contributed by atoms with Crippen molar-refractivity contribution in [3.05, 3.63) is 36.5 Å². The molecule has 18 heavy (non-hydrogen) atoms. The zero-order valence-electron chi connectivity index (χ0n) is 9.68. The highest BCUT2D eigenvalue weighted by Gasteiger charge is 2.38. The molecule has 2 heterocycles. The molecule has 0 bridgehead atoms. The van der Waals surface area contributed by atoms with Gasteiger partial charge in [0, 0.05) is 6.20 Å². The van der Waals surface area contributed by atoms with Crippen molar-refractivity contribution in [1.82, 2.24) is 4.57 Å². The van der Waals surface area contributed by atoms with Crippen molar-refractivity contribution >= 4 is 10.9 Å². The molecule has 5 heteroatoms. The molecule has 1 saturated heterocycles. The summed E-state index contributed by atoms with van der Waals surface area (Å²) >= 11 is 0. The molecule has 4 atom stereocenters. The smallest absolute Gasteiger partial charge is 0.162 e. The van der Waals surface area contributed by atoms with Gasteiger partial charge in [0.25, 0.3) is 0 Å². The monoisotopic (exact) mass is 249 g/mol. The summed E-state index contributed by atoms with van der Waals surface area (Å²) in [4.78, 5) is 0. The summed E-state index contributed by atoms with van der Waals surface area (Å²) in [5.41, 5.74) is 0.921. The number of nitrogens with zero attached hydrogens (tertiary/aromatic N) is 1. The number of para-hydroxylation sites is 1. The molecule has 1 aliphatic heterocycles. The molecule has 1 fully saturated rings. The van der Waals surface area contributed by atoms with Crippen LogP contribution in [0, 0.1) is 0 Å². The van der Waals surface area contributed by atoms with Crippen LogP contribution in [0.25, 0.3) is 10.9 Å². The Morgan fingerprint density at radius 2 is 1.83 bits per heavy atom. The maximum absolute atomic E-state index is 9.98. The van der Waals surface area contributed by atoms with Gasteiger partial charge >= 0.3 is 0 Å². The molecule has 2 aromatic rings. The lowest BCUT2D eigenvalue weighted by atomic mass is 10.0. The van der Waals surface area contributed by atoms with Crippen LogP contribution in [0.3, 0.4) is 0 Å². The van der Waals surface area contributed by atoms with Gasteiger partial charge in [-0.2, -0.15) is 0 Å². The summed E-state index contributed by atoms with van der Waals surface area (Å²) < 4.78 is 7.20. The van der Waals surface area contributed by atoms with Gasteiger partial charge in [-0.05, 0) is 17.5 Å². The van der Waals surface area contributed by atoms with Crippen LogP contribution in [0.2, 0.25) is 0 Å². The van der Waals surface area contributed by atoms with Gasteiger partial charge in [0.2, 0.25) is 0 Å². The molecule has 0 amide bonds. The molecule has 96 valence electrons. The molecule has 0 spiro atoms. The second kappa shape index (κ2) is 4.37. The first kappa shape index (κ1) is 11.7. The van der Waals surface area contributed by atoms with E-state index in [0.29, 0.717) is 0 Å². The zero-order valence-corrected chi connectivity index (χ0v) is 9.68. The van der Waals surface area contributed by atoms with E-state index in [1.165, 1.54) is 0 Å². The summed E-state index contributed by atoms with van der Waals surface area (Å²) in [7, 11) is 0. The van der Waals surface area contributed by atoms with Crippen LogP contribution in [-0.4, -0.2) is 44.8 Å². The molecular formula is C13H15NO4. The largest absolute Gasteiger partial charge is 0.388 e. The fourth-order valence-electron chi connectivity index (χ4n) is 2.36. The molecule has 1 aromatic heterocycles. The lowest BCUT2D eigenvalue weighted by Crippen LogP contribution is -2.50. The van der Waals surface area contributed by atoms with E-state index in [9.17, 15) is 15.3 Å². The third-order valence-corrected chi connectivity index (χ3v) is 3.38. The lowest BCUT2D eigenvalue weighted by Gasteiger charge is -2.36. The Morgan fingerprint density at radius 3 is 2.67 bits per heavy atom. The first-order valence-corrected chi connectivity index (χ1v) is 5.90. The maximum Gasteiger partial charge on any atom is 0.162 e. The van der Waals surface area contributed by atoms with Gasteiger partial charge in [0.1, 0.15) is 18.3 Å². The van der Waals surface area contributed by atoms with Crippen molar-refractivity contribution in [2.75, 3.05) is 6.61 Å². The Morgan fingerprint density at radius 1 is 1.06 bits per heavy atom. The number of ether oxygens (including phenoxy) is 1. The van der Waals surface area contributed by atoms with Gasteiger partial charge in [-0.1, -0.05) is 18.2 Å². The molecule has 0 unspecified atom stereocenters. The van der Waals surface area contributed by atoms with Crippen molar-refractivity contribution in [2.24, 2.45) is 0 Å². The first-order valence-electron chi connectivity index (χ1n) is 5.90. The van der Waals surface area contributed by atoms with Crippen LogP contribution in [0.4, 0.5) is 0 Å². The van der Waals surface area contributed by atoms with Crippen molar-refractivity contribution in [1.29, 1.82) is 0 Å². The molecule has 0 aliphatic carbocycles. The van der Waals surface area contributed by atoms with Crippen molar-refractivity contribution in [3.63, 3.8) is 0 Å². The van der Waals surface area contributed by atoms with Crippen LogP contribution >= 0.6 is 0 Å². The van der Waals surface area contributed by atoms with Crippen molar-refractivity contribution < 1.29 is 20.1 Å². The van der Waals surface area contributed by atoms with Gasteiger partial charge < -0.3 is 24.6 Å². The topological polar surface area (TPSA) is 74.9 Å². The van der Waals surface area contributed by atoms with Crippen molar-refractivity contribution in [3.8, 4) is 0 Å². The second-order valence-corrected chi connectivity index (χ2v) is 4.55. The Balaban J connectivity index is 1.99. The Kier molecular flexibility index (Phi) is 2.83. The number of hydrogen-bond donors (Lipinski definition) is 3. The first-order chi connectivity index (χ1) is 8.68. The lowest BCUT2D eigenvalue weighted by molar-refractivity contribution is -0.209. The molecule has 5 nitrogen and oxygen atoms in total. The molecule has 3 rings (SSSR count). The Bertz CT molecular complexity index is 553. The minimum Gasteiger partial charge on any atom is -0.388 e. The molecule has 0 radical (unpaired) electrons. The van der Waals surface area contributed by atoms with E-state index in [1.807, 2.05) is 36.5 Å². The number of aromatic nitrogens is 1. The van der Waals surface area contributed by atoms with E-state index in [0.717, 1.165) is 10.9 Å². The highest BCUT2D eigenvalue weighted by molar-refractivity contribution is 5.80.